The Balaban J connectivity index is 2.62. The Bertz CT molecular complexity index is 405. The number of esters is 1. The van der Waals surface area contributed by atoms with E-state index in [1.165, 1.54) is 6.20 Å². The van der Waals surface area contributed by atoms with Gasteiger partial charge in [0.05, 0.1) is 18.1 Å². The first kappa shape index (κ1) is 12.5. The van der Waals surface area contributed by atoms with E-state index in [-0.39, 0.29) is 12.4 Å². The fourth-order valence-electron chi connectivity index (χ4n) is 1.10. The van der Waals surface area contributed by atoms with Gasteiger partial charge in [0.1, 0.15) is 5.82 Å². The fraction of sp³-hybridized carbons (Fsp3) is 0.273. The van der Waals surface area contributed by atoms with Crippen LogP contribution in [0.15, 0.2) is 18.3 Å². The molecule has 0 saturated heterocycles. The fourth-order valence-corrected chi connectivity index (χ4v) is 1.27. The normalized spacial score (nSPS) is 10.6. The molecule has 16 heavy (non-hydrogen) atoms. The Hall–Kier alpha value is -1.55. The van der Waals surface area contributed by atoms with Gasteiger partial charge in [-0.1, -0.05) is 23.8 Å². The number of nitrogen functional groups attached to an aromatic ring is 1. The standard InChI is InChI=1S/C11H13ClN2O2/c1-2-16-10(15)5-3-4-8-6-9(12)7-14-11(8)13/h3-4,6-7H,2,5H2,1H3,(H2,13,14). The van der Waals surface area contributed by atoms with E-state index < -0.39 is 0 Å². The van der Waals surface area contributed by atoms with Crippen molar-refractivity contribution in [3.8, 4) is 0 Å². The molecule has 1 aromatic rings. The van der Waals surface area contributed by atoms with Gasteiger partial charge in [0.2, 0.25) is 0 Å². The van der Waals surface area contributed by atoms with Crippen LogP contribution in [0.3, 0.4) is 0 Å². The average Bonchev–Trinajstić information content (AvgIpc) is 2.23. The minimum absolute atomic E-state index is 0.208. The summed E-state index contributed by atoms with van der Waals surface area (Å²) in [5.74, 6) is 0.108. The predicted octanol–water partition coefficient (Wildman–Crippen LogP) is 2.28. The first-order valence-electron chi connectivity index (χ1n) is 4.86. The van der Waals surface area contributed by atoms with Crippen molar-refractivity contribution in [1.29, 1.82) is 0 Å². The van der Waals surface area contributed by atoms with E-state index in [0.29, 0.717) is 23.0 Å². The number of carbonyl (C=O) groups is 1. The molecule has 0 aliphatic heterocycles. The molecule has 0 bridgehead atoms. The minimum atomic E-state index is -0.271. The second-order valence-corrected chi connectivity index (χ2v) is 3.48. The summed E-state index contributed by atoms with van der Waals surface area (Å²) in [6.45, 7) is 2.15. The maximum absolute atomic E-state index is 11.0. The molecule has 0 aliphatic rings. The Morgan fingerprint density at radius 3 is 3.12 bits per heavy atom. The Kier molecular flexibility index (Phi) is 4.79. The van der Waals surface area contributed by atoms with E-state index in [0.717, 1.165) is 0 Å². The van der Waals surface area contributed by atoms with Crippen molar-refractivity contribution in [2.75, 3.05) is 12.3 Å². The van der Waals surface area contributed by atoms with Crippen molar-refractivity contribution < 1.29 is 9.53 Å². The number of hydrogen-bond donors (Lipinski definition) is 1. The second-order valence-electron chi connectivity index (χ2n) is 3.04. The maximum atomic E-state index is 11.0. The van der Waals surface area contributed by atoms with Crippen molar-refractivity contribution >= 4 is 29.5 Å². The smallest absolute Gasteiger partial charge is 0.309 e. The van der Waals surface area contributed by atoms with Crippen LogP contribution in [0.1, 0.15) is 18.9 Å². The largest absolute Gasteiger partial charge is 0.466 e. The van der Waals surface area contributed by atoms with E-state index in [2.05, 4.69) is 4.98 Å². The third-order valence-corrected chi connectivity index (χ3v) is 2.01. The van der Waals surface area contributed by atoms with E-state index in [1.54, 1.807) is 25.1 Å². The number of carbonyl (C=O) groups excluding carboxylic acids is 1. The molecule has 5 heteroatoms. The lowest BCUT2D eigenvalue weighted by Gasteiger charge is -2.00. The molecule has 0 spiro atoms. The molecule has 1 rings (SSSR count). The van der Waals surface area contributed by atoms with Gasteiger partial charge in [-0.15, -0.1) is 0 Å². The quantitative estimate of drug-likeness (QED) is 0.820. The van der Waals surface area contributed by atoms with Crippen LogP contribution in [0.2, 0.25) is 5.02 Å². The maximum Gasteiger partial charge on any atom is 0.309 e. The van der Waals surface area contributed by atoms with Crippen molar-refractivity contribution in [1.82, 2.24) is 4.98 Å². The van der Waals surface area contributed by atoms with Crippen LogP contribution >= 0.6 is 11.6 Å². The summed E-state index contributed by atoms with van der Waals surface area (Å²) in [6.07, 6.45) is 5.05. The van der Waals surface area contributed by atoms with Crippen LogP contribution in [-0.2, 0) is 9.53 Å². The van der Waals surface area contributed by atoms with Gasteiger partial charge in [0.25, 0.3) is 0 Å². The first-order chi connectivity index (χ1) is 7.63. The number of halogens is 1. The summed E-state index contributed by atoms with van der Waals surface area (Å²) >= 11 is 5.76. The SMILES string of the molecule is CCOC(=O)CC=Cc1cc(Cl)cnc1N. The molecule has 2 N–H and O–H groups in total. The molecule has 0 radical (unpaired) electrons. The highest BCUT2D eigenvalue weighted by Crippen LogP contribution is 2.16. The number of nitrogens with zero attached hydrogens (tertiary/aromatic N) is 1. The number of rotatable bonds is 4. The summed E-state index contributed by atoms with van der Waals surface area (Å²) in [5, 5.41) is 0.505. The highest BCUT2D eigenvalue weighted by atomic mass is 35.5. The van der Waals surface area contributed by atoms with Crippen molar-refractivity contribution in [3.05, 3.63) is 28.9 Å². The van der Waals surface area contributed by atoms with Crippen LogP contribution in [-0.4, -0.2) is 17.6 Å². The highest BCUT2D eigenvalue weighted by Gasteiger charge is 1.99. The molecular weight excluding hydrogens is 228 g/mol. The van der Waals surface area contributed by atoms with Gasteiger partial charge in [0, 0.05) is 11.8 Å². The van der Waals surface area contributed by atoms with Crippen LogP contribution < -0.4 is 5.73 Å². The van der Waals surface area contributed by atoms with Gasteiger partial charge in [0.15, 0.2) is 0 Å². The summed E-state index contributed by atoms with van der Waals surface area (Å²) in [5.41, 5.74) is 6.32. The zero-order valence-electron chi connectivity index (χ0n) is 8.94. The van der Waals surface area contributed by atoms with Gasteiger partial charge in [-0.3, -0.25) is 4.79 Å². The number of ether oxygens (including phenoxy) is 1. The van der Waals surface area contributed by atoms with Crippen molar-refractivity contribution in [3.63, 3.8) is 0 Å². The first-order valence-corrected chi connectivity index (χ1v) is 5.24. The number of anilines is 1. The van der Waals surface area contributed by atoms with Gasteiger partial charge in [-0.05, 0) is 13.0 Å². The molecule has 1 aromatic heterocycles. The van der Waals surface area contributed by atoms with Crippen LogP contribution in [0.25, 0.3) is 6.08 Å². The third-order valence-electron chi connectivity index (χ3n) is 1.80. The molecule has 0 aliphatic carbocycles. The molecule has 0 unspecified atom stereocenters. The van der Waals surface area contributed by atoms with Crippen molar-refractivity contribution in [2.24, 2.45) is 0 Å². The number of pyridine rings is 1. The highest BCUT2D eigenvalue weighted by molar-refractivity contribution is 6.30. The Labute approximate surface area is 99.1 Å². The lowest BCUT2D eigenvalue weighted by atomic mass is 10.2. The van der Waals surface area contributed by atoms with E-state index >= 15 is 0 Å². The molecule has 0 aromatic carbocycles. The molecule has 0 saturated carbocycles. The molecule has 4 nitrogen and oxygen atoms in total. The summed E-state index contributed by atoms with van der Waals surface area (Å²) in [7, 11) is 0. The summed E-state index contributed by atoms with van der Waals surface area (Å²) in [4.78, 5) is 14.9. The van der Waals surface area contributed by atoms with E-state index in [9.17, 15) is 4.79 Å². The van der Waals surface area contributed by atoms with Crippen LogP contribution in [0, 0.1) is 0 Å². The van der Waals surface area contributed by atoms with Crippen molar-refractivity contribution in [2.45, 2.75) is 13.3 Å². The molecule has 86 valence electrons. The monoisotopic (exact) mass is 240 g/mol. The number of nitrogens with two attached hydrogens (primary N) is 1. The topological polar surface area (TPSA) is 65.2 Å². The molecule has 0 fully saturated rings. The molecule has 1 heterocycles. The zero-order valence-corrected chi connectivity index (χ0v) is 9.70. The number of hydrogen-bond acceptors (Lipinski definition) is 4. The van der Waals surface area contributed by atoms with Gasteiger partial charge in [-0.2, -0.15) is 0 Å². The van der Waals surface area contributed by atoms with Crippen LogP contribution in [0.4, 0.5) is 5.82 Å². The number of aromatic nitrogens is 1. The lowest BCUT2D eigenvalue weighted by molar-refractivity contribution is -0.142. The second kappa shape index (κ2) is 6.12. The van der Waals surface area contributed by atoms with E-state index in [1.807, 2.05) is 0 Å². The molecule has 0 amide bonds. The van der Waals surface area contributed by atoms with Gasteiger partial charge < -0.3 is 10.5 Å². The van der Waals surface area contributed by atoms with Crippen LogP contribution in [0.5, 0.6) is 0 Å². The molecule has 0 atom stereocenters. The lowest BCUT2D eigenvalue weighted by Crippen LogP contribution is -2.01. The zero-order chi connectivity index (χ0) is 12.0. The molecular formula is C11H13ClN2O2. The van der Waals surface area contributed by atoms with E-state index in [4.69, 9.17) is 22.1 Å². The summed E-state index contributed by atoms with van der Waals surface area (Å²) < 4.78 is 4.77. The van der Waals surface area contributed by atoms with Gasteiger partial charge in [-0.25, -0.2) is 4.98 Å². The Morgan fingerprint density at radius 1 is 1.69 bits per heavy atom. The minimum Gasteiger partial charge on any atom is -0.466 e. The summed E-state index contributed by atoms with van der Waals surface area (Å²) in [6, 6.07) is 1.69. The Morgan fingerprint density at radius 2 is 2.44 bits per heavy atom. The van der Waals surface area contributed by atoms with Gasteiger partial charge >= 0.3 is 5.97 Å². The predicted molar refractivity (Wildman–Crippen MR) is 63.9 cm³/mol. The third kappa shape index (κ3) is 3.90. The average molecular weight is 241 g/mol.